The number of nitrogens with two attached hydrogens (primary N) is 2. The second-order valence-electron chi connectivity index (χ2n) is 6.43. The van der Waals surface area contributed by atoms with Crippen LogP contribution in [0.4, 0.5) is 0 Å². The summed E-state index contributed by atoms with van der Waals surface area (Å²) in [5.74, 6) is 0.657. The van der Waals surface area contributed by atoms with Crippen molar-refractivity contribution in [3.63, 3.8) is 0 Å². The molecule has 1 aliphatic carbocycles. The van der Waals surface area contributed by atoms with E-state index in [-0.39, 0.29) is 30.1 Å². The fourth-order valence-corrected chi connectivity index (χ4v) is 2.37. The van der Waals surface area contributed by atoms with Gasteiger partial charge in [-0.25, -0.2) is 0 Å². The van der Waals surface area contributed by atoms with Crippen LogP contribution in [0.3, 0.4) is 0 Å². The molecule has 4 N–H and O–H groups in total. The zero-order valence-electron chi connectivity index (χ0n) is 11.2. The topological polar surface area (TPSA) is 70.5 Å². The van der Waals surface area contributed by atoms with Crippen molar-refractivity contribution in [2.24, 2.45) is 17.4 Å². The van der Waals surface area contributed by atoms with Crippen LogP contribution in [0.1, 0.15) is 46.5 Å². The molecule has 0 aromatic carbocycles. The summed E-state index contributed by atoms with van der Waals surface area (Å²) in [5.41, 5.74) is 12.0. The Morgan fingerprint density at radius 2 is 1.82 bits per heavy atom. The average molecular weight is 242 g/mol. The molecule has 4 heteroatoms. The molecule has 17 heavy (non-hydrogen) atoms. The third-order valence-electron chi connectivity index (χ3n) is 3.51. The predicted octanol–water partition coefficient (Wildman–Crippen LogP) is 1.37. The quantitative estimate of drug-likeness (QED) is 0.784. The lowest BCUT2D eigenvalue weighted by Gasteiger charge is -2.39. The van der Waals surface area contributed by atoms with E-state index in [1.165, 1.54) is 12.8 Å². The molecule has 1 heterocycles. The Hall–Kier alpha value is -0.160. The molecule has 0 bridgehead atoms. The number of hydrogen-bond donors (Lipinski definition) is 2. The SMILES string of the molecule is CC(C)(C)O[C@H]1OC(C(N)C2CC2)CC[C@H]1N. The van der Waals surface area contributed by atoms with Crippen LogP contribution in [0, 0.1) is 5.92 Å². The van der Waals surface area contributed by atoms with Crippen LogP contribution in [0.5, 0.6) is 0 Å². The minimum atomic E-state index is -0.307. The van der Waals surface area contributed by atoms with Crippen molar-refractivity contribution in [2.45, 2.75) is 76.5 Å². The molecule has 0 spiro atoms. The van der Waals surface area contributed by atoms with Crippen LogP contribution in [-0.4, -0.2) is 30.1 Å². The lowest BCUT2D eigenvalue weighted by atomic mass is 9.96. The van der Waals surface area contributed by atoms with Crippen LogP contribution in [0.25, 0.3) is 0 Å². The average Bonchev–Trinajstić information content (AvgIpc) is 3.01. The molecule has 1 aliphatic heterocycles. The van der Waals surface area contributed by atoms with Gasteiger partial charge in [0, 0.05) is 6.04 Å². The fraction of sp³-hybridized carbons (Fsp3) is 1.00. The van der Waals surface area contributed by atoms with Gasteiger partial charge in [-0.05, 0) is 52.4 Å². The normalized spacial score (nSPS) is 36.9. The van der Waals surface area contributed by atoms with Crippen LogP contribution in [0.15, 0.2) is 0 Å². The first-order chi connectivity index (χ1) is 7.87. The standard InChI is InChI=1S/C13H26N2O2/c1-13(2,3)17-12-9(14)6-7-10(16-12)11(15)8-4-5-8/h8-12H,4-7,14-15H2,1-3H3/t9-,10?,11?,12-/m1/s1. The summed E-state index contributed by atoms with van der Waals surface area (Å²) in [6, 6.07) is 0.130. The van der Waals surface area contributed by atoms with Crippen LogP contribution < -0.4 is 11.5 Å². The van der Waals surface area contributed by atoms with Gasteiger partial charge in [0.05, 0.1) is 17.7 Å². The smallest absolute Gasteiger partial charge is 0.173 e. The highest BCUT2D eigenvalue weighted by atomic mass is 16.7. The molecule has 4 nitrogen and oxygen atoms in total. The van der Waals surface area contributed by atoms with E-state index in [0.717, 1.165) is 12.8 Å². The van der Waals surface area contributed by atoms with Gasteiger partial charge in [0.2, 0.25) is 0 Å². The third kappa shape index (κ3) is 3.65. The van der Waals surface area contributed by atoms with E-state index in [9.17, 15) is 0 Å². The van der Waals surface area contributed by atoms with Gasteiger partial charge in [-0.2, -0.15) is 0 Å². The van der Waals surface area contributed by atoms with E-state index in [1.807, 2.05) is 20.8 Å². The fourth-order valence-electron chi connectivity index (χ4n) is 2.37. The largest absolute Gasteiger partial charge is 0.346 e. The molecule has 0 radical (unpaired) electrons. The summed E-state index contributed by atoms with van der Waals surface area (Å²) >= 11 is 0. The summed E-state index contributed by atoms with van der Waals surface area (Å²) in [6.07, 6.45) is 4.21. The Labute approximate surface area is 104 Å². The van der Waals surface area contributed by atoms with Gasteiger partial charge in [0.1, 0.15) is 0 Å². The molecule has 2 fully saturated rings. The monoisotopic (exact) mass is 242 g/mol. The summed E-state index contributed by atoms with van der Waals surface area (Å²) in [5, 5.41) is 0. The Kier molecular flexibility index (Phi) is 3.78. The molecule has 2 aliphatic rings. The maximum Gasteiger partial charge on any atom is 0.173 e. The molecule has 2 rings (SSSR count). The first-order valence-electron chi connectivity index (χ1n) is 6.71. The molecule has 1 saturated heterocycles. The molecular weight excluding hydrogens is 216 g/mol. The van der Waals surface area contributed by atoms with Crippen molar-refractivity contribution in [3.05, 3.63) is 0 Å². The highest BCUT2D eigenvalue weighted by Crippen LogP contribution is 2.36. The second kappa shape index (κ2) is 4.84. The predicted molar refractivity (Wildman–Crippen MR) is 67.4 cm³/mol. The molecule has 1 saturated carbocycles. The minimum absolute atomic E-state index is 0.0307. The lowest BCUT2D eigenvalue weighted by molar-refractivity contribution is -0.244. The highest BCUT2D eigenvalue weighted by Gasteiger charge is 2.40. The van der Waals surface area contributed by atoms with Crippen molar-refractivity contribution in [1.29, 1.82) is 0 Å². The summed E-state index contributed by atoms with van der Waals surface area (Å²) in [7, 11) is 0. The molecule has 4 atom stereocenters. The maximum atomic E-state index is 6.20. The van der Waals surface area contributed by atoms with E-state index < -0.39 is 0 Å². The van der Waals surface area contributed by atoms with Gasteiger partial charge < -0.3 is 20.9 Å². The molecule has 0 amide bonds. The summed E-state index contributed by atoms with van der Waals surface area (Å²) in [6.45, 7) is 6.06. The van der Waals surface area contributed by atoms with E-state index in [2.05, 4.69) is 0 Å². The van der Waals surface area contributed by atoms with Gasteiger partial charge in [-0.15, -0.1) is 0 Å². The van der Waals surface area contributed by atoms with Crippen LogP contribution in [0.2, 0.25) is 0 Å². The molecule has 0 aromatic rings. The van der Waals surface area contributed by atoms with E-state index in [0.29, 0.717) is 5.92 Å². The highest BCUT2D eigenvalue weighted by molar-refractivity contribution is 4.92. The van der Waals surface area contributed by atoms with E-state index in [1.54, 1.807) is 0 Å². The van der Waals surface area contributed by atoms with E-state index >= 15 is 0 Å². The Balaban J connectivity index is 1.91. The van der Waals surface area contributed by atoms with Crippen LogP contribution >= 0.6 is 0 Å². The lowest BCUT2D eigenvalue weighted by Crippen LogP contribution is -2.53. The van der Waals surface area contributed by atoms with Gasteiger partial charge >= 0.3 is 0 Å². The van der Waals surface area contributed by atoms with Gasteiger partial charge in [0.25, 0.3) is 0 Å². The molecular formula is C13H26N2O2. The van der Waals surface area contributed by atoms with Crippen LogP contribution in [-0.2, 0) is 9.47 Å². The molecule has 0 aromatic heterocycles. The maximum absolute atomic E-state index is 6.20. The van der Waals surface area contributed by atoms with Crippen molar-refractivity contribution in [1.82, 2.24) is 0 Å². The number of hydrogen-bond acceptors (Lipinski definition) is 4. The summed E-state index contributed by atoms with van der Waals surface area (Å²) in [4.78, 5) is 0. The Morgan fingerprint density at radius 1 is 1.18 bits per heavy atom. The zero-order chi connectivity index (χ0) is 12.6. The first-order valence-corrected chi connectivity index (χ1v) is 6.71. The Morgan fingerprint density at radius 3 is 2.35 bits per heavy atom. The number of rotatable bonds is 3. The first kappa shape index (κ1) is 13.3. The van der Waals surface area contributed by atoms with Gasteiger partial charge in [-0.1, -0.05) is 0 Å². The van der Waals surface area contributed by atoms with E-state index in [4.69, 9.17) is 20.9 Å². The molecule has 100 valence electrons. The van der Waals surface area contributed by atoms with Crippen molar-refractivity contribution < 1.29 is 9.47 Å². The summed E-state index contributed by atoms with van der Waals surface area (Å²) < 4.78 is 11.8. The zero-order valence-corrected chi connectivity index (χ0v) is 11.2. The second-order valence-corrected chi connectivity index (χ2v) is 6.43. The molecule has 2 unspecified atom stereocenters. The Bertz CT molecular complexity index is 261. The van der Waals surface area contributed by atoms with Crippen molar-refractivity contribution >= 4 is 0 Å². The van der Waals surface area contributed by atoms with Gasteiger partial charge in [-0.3, -0.25) is 0 Å². The van der Waals surface area contributed by atoms with Crippen molar-refractivity contribution in [3.8, 4) is 0 Å². The van der Waals surface area contributed by atoms with Crippen molar-refractivity contribution in [2.75, 3.05) is 0 Å². The van der Waals surface area contributed by atoms with Gasteiger partial charge in [0.15, 0.2) is 6.29 Å². The third-order valence-corrected chi connectivity index (χ3v) is 3.51. The minimum Gasteiger partial charge on any atom is -0.346 e. The number of ether oxygens (including phenoxy) is 2.